The smallest absolute Gasteiger partial charge is 0.224 e. The third-order valence-corrected chi connectivity index (χ3v) is 4.15. The summed E-state index contributed by atoms with van der Waals surface area (Å²) in [6.45, 7) is 2.88. The van der Waals surface area contributed by atoms with Gasteiger partial charge in [-0.25, -0.2) is 0 Å². The van der Waals surface area contributed by atoms with E-state index in [4.69, 9.17) is 21.1 Å². The number of halogens is 1. The van der Waals surface area contributed by atoms with Gasteiger partial charge in [-0.3, -0.25) is 9.59 Å². The fourth-order valence-corrected chi connectivity index (χ4v) is 2.80. The number of amides is 1. The van der Waals surface area contributed by atoms with Gasteiger partial charge < -0.3 is 14.8 Å². The normalized spacial score (nSPS) is 12.6. The van der Waals surface area contributed by atoms with E-state index in [2.05, 4.69) is 5.32 Å². The molecule has 3 rings (SSSR count). The van der Waals surface area contributed by atoms with Crippen molar-refractivity contribution in [3.63, 3.8) is 0 Å². The van der Waals surface area contributed by atoms with Crippen molar-refractivity contribution in [3.05, 3.63) is 52.5 Å². The first-order valence-electron chi connectivity index (χ1n) is 8.02. The van der Waals surface area contributed by atoms with E-state index in [0.29, 0.717) is 41.0 Å². The zero-order valence-corrected chi connectivity index (χ0v) is 14.6. The molecule has 1 aliphatic heterocycles. The molecular formula is C19H18ClNO4. The maximum atomic E-state index is 12.3. The van der Waals surface area contributed by atoms with Gasteiger partial charge in [-0.2, -0.15) is 0 Å². The highest BCUT2D eigenvalue weighted by Crippen LogP contribution is 2.31. The lowest BCUT2D eigenvalue weighted by atomic mass is 10.1. The van der Waals surface area contributed by atoms with Gasteiger partial charge in [0.25, 0.3) is 0 Å². The number of hydrogen-bond donors (Lipinski definition) is 1. The predicted octanol–water partition coefficient (Wildman–Crippen LogP) is 4.02. The van der Waals surface area contributed by atoms with Gasteiger partial charge in [0, 0.05) is 18.4 Å². The molecule has 2 aromatic rings. The number of carbonyl (C=O) groups excluding carboxylic acids is 2. The summed E-state index contributed by atoms with van der Waals surface area (Å²) in [6, 6.07) is 10.4. The van der Waals surface area contributed by atoms with Crippen LogP contribution in [0, 0.1) is 6.92 Å². The van der Waals surface area contributed by atoms with Crippen molar-refractivity contribution in [2.45, 2.75) is 19.8 Å². The molecule has 1 N–H and O–H groups in total. The minimum atomic E-state index is -0.253. The molecule has 25 heavy (non-hydrogen) atoms. The van der Waals surface area contributed by atoms with Gasteiger partial charge in [0.1, 0.15) is 13.2 Å². The van der Waals surface area contributed by atoms with Gasteiger partial charge in [-0.1, -0.05) is 17.7 Å². The maximum Gasteiger partial charge on any atom is 0.224 e. The summed E-state index contributed by atoms with van der Waals surface area (Å²) >= 11 is 6.09. The lowest BCUT2D eigenvalue weighted by Crippen LogP contribution is -2.16. The second-order valence-electron chi connectivity index (χ2n) is 5.81. The van der Waals surface area contributed by atoms with Gasteiger partial charge in [0.15, 0.2) is 17.3 Å². The van der Waals surface area contributed by atoms with Gasteiger partial charge in [-0.05, 0) is 42.8 Å². The number of ether oxygens (including phenoxy) is 2. The summed E-state index contributed by atoms with van der Waals surface area (Å²) in [6.07, 6.45) is 0.187. The first-order valence-corrected chi connectivity index (χ1v) is 8.39. The Hall–Kier alpha value is -2.53. The monoisotopic (exact) mass is 359 g/mol. The Morgan fingerprint density at radius 3 is 2.56 bits per heavy atom. The number of fused-ring (bicyclic) bond motifs is 1. The average molecular weight is 360 g/mol. The highest BCUT2D eigenvalue weighted by molar-refractivity contribution is 6.33. The van der Waals surface area contributed by atoms with Crippen LogP contribution in [0.5, 0.6) is 11.5 Å². The second-order valence-corrected chi connectivity index (χ2v) is 6.22. The first kappa shape index (κ1) is 17.3. The molecule has 0 saturated carbocycles. The number of carbonyl (C=O) groups is 2. The molecule has 0 fully saturated rings. The van der Waals surface area contributed by atoms with Gasteiger partial charge in [0.2, 0.25) is 5.91 Å². The van der Waals surface area contributed by atoms with E-state index in [1.807, 2.05) is 13.0 Å². The fraction of sp³-hybridized carbons (Fsp3) is 0.263. The molecule has 0 unspecified atom stereocenters. The number of Topliss-reactive ketones (excluding diaryl/α,β-unsaturated/α-hetero) is 1. The number of ketones is 1. The fourth-order valence-electron chi connectivity index (χ4n) is 2.52. The summed E-state index contributed by atoms with van der Waals surface area (Å²) in [5.74, 6) is 0.821. The molecule has 0 atom stereocenters. The Morgan fingerprint density at radius 2 is 1.80 bits per heavy atom. The maximum absolute atomic E-state index is 12.3. The highest BCUT2D eigenvalue weighted by atomic mass is 35.5. The number of hydrogen-bond acceptors (Lipinski definition) is 4. The molecule has 5 nitrogen and oxygen atoms in total. The van der Waals surface area contributed by atoms with Crippen LogP contribution in [0.2, 0.25) is 5.02 Å². The molecule has 6 heteroatoms. The molecular weight excluding hydrogens is 342 g/mol. The van der Waals surface area contributed by atoms with Crippen LogP contribution in [-0.4, -0.2) is 24.9 Å². The van der Waals surface area contributed by atoms with E-state index < -0.39 is 0 Å². The van der Waals surface area contributed by atoms with E-state index in [1.54, 1.807) is 30.3 Å². The quantitative estimate of drug-likeness (QED) is 0.819. The van der Waals surface area contributed by atoms with Crippen LogP contribution >= 0.6 is 11.6 Å². The van der Waals surface area contributed by atoms with Crippen molar-refractivity contribution >= 4 is 29.0 Å². The Balaban J connectivity index is 1.57. The summed E-state index contributed by atoms with van der Waals surface area (Å²) in [5, 5.41) is 3.20. The Morgan fingerprint density at radius 1 is 1.04 bits per heavy atom. The highest BCUT2D eigenvalue weighted by Gasteiger charge is 2.16. The van der Waals surface area contributed by atoms with Gasteiger partial charge >= 0.3 is 0 Å². The molecule has 2 aromatic carbocycles. The molecule has 1 amide bonds. The molecule has 0 radical (unpaired) electrons. The number of anilines is 1. The number of benzene rings is 2. The molecule has 0 spiro atoms. The van der Waals surface area contributed by atoms with Gasteiger partial charge in [0.05, 0.1) is 10.7 Å². The summed E-state index contributed by atoms with van der Waals surface area (Å²) in [4.78, 5) is 24.3. The molecule has 0 aromatic heterocycles. The molecule has 0 aliphatic carbocycles. The lowest BCUT2D eigenvalue weighted by Gasteiger charge is -2.18. The average Bonchev–Trinajstić information content (AvgIpc) is 2.61. The van der Waals surface area contributed by atoms with Crippen LogP contribution < -0.4 is 14.8 Å². The molecule has 0 saturated heterocycles. The largest absolute Gasteiger partial charge is 0.486 e. The van der Waals surface area contributed by atoms with Crippen molar-refractivity contribution in [1.82, 2.24) is 0 Å². The molecule has 1 heterocycles. The van der Waals surface area contributed by atoms with E-state index in [9.17, 15) is 9.59 Å². The van der Waals surface area contributed by atoms with E-state index in [1.165, 1.54) is 0 Å². The van der Waals surface area contributed by atoms with Crippen LogP contribution in [0.1, 0.15) is 28.8 Å². The predicted molar refractivity (Wildman–Crippen MR) is 95.8 cm³/mol. The van der Waals surface area contributed by atoms with Crippen LogP contribution in [-0.2, 0) is 4.79 Å². The number of nitrogens with one attached hydrogen (secondary N) is 1. The molecule has 0 bridgehead atoms. The van der Waals surface area contributed by atoms with E-state index in [0.717, 1.165) is 5.56 Å². The van der Waals surface area contributed by atoms with Crippen molar-refractivity contribution in [1.29, 1.82) is 0 Å². The Bertz CT molecular complexity index is 819. The van der Waals surface area contributed by atoms with Crippen molar-refractivity contribution in [2.75, 3.05) is 18.5 Å². The summed E-state index contributed by atoms with van der Waals surface area (Å²) < 4.78 is 10.9. The van der Waals surface area contributed by atoms with Crippen molar-refractivity contribution in [2.24, 2.45) is 0 Å². The van der Waals surface area contributed by atoms with Crippen molar-refractivity contribution in [3.8, 4) is 11.5 Å². The summed E-state index contributed by atoms with van der Waals surface area (Å²) in [5.41, 5.74) is 2.06. The topological polar surface area (TPSA) is 64.6 Å². The Labute approximate surface area is 150 Å². The van der Waals surface area contributed by atoms with Crippen LogP contribution in [0.4, 0.5) is 5.69 Å². The summed E-state index contributed by atoms with van der Waals surface area (Å²) in [7, 11) is 0. The van der Waals surface area contributed by atoms with Crippen molar-refractivity contribution < 1.29 is 19.1 Å². The minimum Gasteiger partial charge on any atom is -0.486 e. The second kappa shape index (κ2) is 7.57. The molecule has 1 aliphatic rings. The van der Waals surface area contributed by atoms with E-state index in [-0.39, 0.29) is 24.5 Å². The van der Waals surface area contributed by atoms with Crippen LogP contribution in [0.25, 0.3) is 0 Å². The molecule has 130 valence electrons. The number of rotatable bonds is 5. The third-order valence-electron chi connectivity index (χ3n) is 3.84. The first-order chi connectivity index (χ1) is 12.0. The number of aryl methyl sites for hydroxylation is 1. The third kappa shape index (κ3) is 4.31. The van der Waals surface area contributed by atoms with Crippen LogP contribution in [0.3, 0.4) is 0 Å². The Kier molecular flexibility index (Phi) is 5.24. The minimum absolute atomic E-state index is 0.0808. The lowest BCUT2D eigenvalue weighted by molar-refractivity contribution is -0.116. The zero-order valence-electron chi connectivity index (χ0n) is 13.8. The van der Waals surface area contributed by atoms with Gasteiger partial charge in [-0.15, -0.1) is 0 Å². The van der Waals surface area contributed by atoms with Crippen LogP contribution in [0.15, 0.2) is 36.4 Å². The zero-order chi connectivity index (χ0) is 17.8. The van der Waals surface area contributed by atoms with E-state index >= 15 is 0 Å². The SMILES string of the molecule is Cc1ccc(NC(=O)CCC(=O)c2ccc3c(c2)OCCO3)c(Cl)c1. The standard InChI is InChI=1S/C19H18ClNO4/c1-12-2-4-15(14(20)10-12)21-19(23)7-5-16(22)13-3-6-17-18(11-13)25-9-8-24-17/h2-4,6,10-11H,5,7-9H2,1H3,(H,21,23).